The Morgan fingerprint density at radius 3 is 2.22 bits per heavy atom. The monoisotopic (exact) mass is 475 g/mol. The molecule has 0 N–H and O–H groups in total. The van der Waals surface area contributed by atoms with Crippen LogP contribution in [0.1, 0.15) is 20.3 Å². The number of para-hydroxylation sites is 1. The molecule has 0 unspecified atom stereocenters. The van der Waals surface area contributed by atoms with Crippen LogP contribution in [0.25, 0.3) is 38.0 Å². The smallest absolute Gasteiger partial charge is 0.187 e. The van der Waals surface area contributed by atoms with Gasteiger partial charge in [0, 0.05) is 60.6 Å². The van der Waals surface area contributed by atoms with Crippen molar-refractivity contribution >= 4 is 28.1 Å². The van der Waals surface area contributed by atoms with Crippen LogP contribution in [0.4, 0.5) is 17.2 Å². The molecule has 6 nitrogen and oxygen atoms in total. The third-order valence-corrected chi connectivity index (χ3v) is 7.15. The summed E-state index contributed by atoms with van der Waals surface area (Å²) < 4.78 is 5.89. The summed E-state index contributed by atoms with van der Waals surface area (Å²) in [6.07, 6.45) is 5.59. The van der Waals surface area contributed by atoms with Crippen molar-refractivity contribution in [1.82, 2.24) is 9.97 Å². The minimum absolute atomic E-state index is 0.199. The van der Waals surface area contributed by atoms with E-state index in [1.54, 1.807) is 0 Å². The molecule has 0 bridgehead atoms. The Balaban J connectivity index is 1.41. The molecule has 0 saturated carbocycles. The molecule has 0 spiro atoms. The van der Waals surface area contributed by atoms with Gasteiger partial charge in [-0.1, -0.05) is 42.5 Å². The number of hydrogen-bond donors (Lipinski definition) is 0. The second-order valence-corrected chi connectivity index (χ2v) is 9.79. The van der Waals surface area contributed by atoms with E-state index in [1.165, 1.54) is 12.1 Å². The number of fused-ring (bicyclic) bond motifs is 1. The fourth-order valence-electron chi connectivity index (χ4n) is 5.35. The van der Waals surface area contributed by atoms with Crippen LogP contribution < -0.4 is 9.80 Å². The normalized spacial score (nSPS) is 19.7. The second-order valence-electron chi connectivity index (χ2n) is 9.79. The molecule has 6 rings (SSSR count). The van der Waals surface area contributed by atoms with E-state index in [2.05, 4.69) is 58.8 Å². The topological polar surface area (TPSA) is 45.9 Å². The maximum absolute atomic E-state index is 7.24. The Hall–Kier alpha value is -3.95. The molecule has 2 fully saturated rings. The van der Waals surface area contributed by atoms with Gasteiger partial charge in [-0.2, -0.15) is 0 Å². The number of ether oxygens (including phenoxy) is 1. The first kappa shape index (κ1) is 22.5. The van der Waals surface area contributed by atoms with Crippen LogP contribution in [0.3, 0.4) is 0 Å². The molecule has 0 radical (unpaired) electrons. The zero-order valence-electron chi connectivity index (χ0n) is 20.7. The van der Waals surface area contributed by atoms with Gasteiger partial charge in [0.2, 0.25) is 0 Å². The van der Waals surface area contributed by atoms with Crippen LogP contribution >= 0.6 is 0 Å². The SMILES string of the molecule is [C-]#[N+]c1ccc(-c2cccc3c(N4CCC4)c(-c4ccc(N5C[C@@H](C)O[C@@H](C)C5)nc4)cnc23)cc1. The minimum atomic E-state index is 0.199. The molecule has 36 heavy (non-hydrogen) atoms. The van der Waals surface area contributed by atoms with E-state index in [9.17, 15) is 0 Å². The highest BCUT2D eigenvalue weighted by molar-refractivity contribution is 6.05. The highest BCUT2D eigenvalue weighted by atomic mass is 16.5. The number of morpholine rings is 1. The molecular formula is C30H29N5O. The van der Waals surface area contributed by atoms with Gasteiger partial charge in [-0.05, 0) is 38.0 Å². The molecule has 0 aliphatic carbocycles. The molecule has 4 aromatic rings. The third-order valence-electron chi connectivity index (χ3n) is 7.15. The summed E-state index contributed by atoms with van der Waals surface area (Å²) in [6.45, 7) is 15.3. The van der Waals surface area contributed by atoms with Crippen molar-refractivity contribution in [2.45, 2.75) is 32.5 Å². The van der Waals surface area contributed by atoms with E-state index in [4.69, 9.17) is 21.3 Å². The molecular weight excluding hydrogens is 446 g/mol. The van der Waals surface area contributed by atoms with Crippen molar-refractivity contribution in [3.63, 3.8) is 0 Å². The molecule has 2 atom stereocenters. The van der Waals surface area contributed by atoms with Crippen LogP contribution in [0, 0.1) is 6.57 Å². The average Bonchev–Trinajstić information content (AvgIpc) is 2.87. The molecule has 180 valence electrons. The minimum Gasteiger partial charge on any atom is -0.372 e. The Bertz CT molecular complexity index is 1430. The van der Waals surface area contributed by atoms with E-state index in [1.807, 2.05) is 36.7 Å². The number of rotatable bonds is 4. The lowest BCUT2D eigenvalue weighted by atomic mass is 9.96. The van der Waals surface area contributed by atoms with Crippen LogP contribution in [0.15, 0.2) is 67.0 Å². The van der Waals surface area contributed by atoms with E-state index in [0.717, 1.165) is 65.2 Å². The van der Waals surface area contributed by atoms with Crippen molar-refractivity contribution in [1.29, 1.82) is 0 Å². The van der Waals surface area contributed by atoms with E-state index < -0.39 is 0 Å². The molecule has 2 saturated heterocycles. The van der Waals surface area contributed by atoms with Crippen molar-refractivity contribution < 1.29 is 4.74 Å². The number of hydrogen-bond acceptors (Lipinski definition) is 5. The van der Waals surface area contributed by atoms with Gasteiger partial charge in [0.25, 0.3) is 0 Å². The lowest BCUT2D eigenvalue weighted by molar-refractivity contribution is -0.00545. The van der Waals surface area contributed by atoms with Gasteiger partial charge in [0.05, 0.1) is 30.0 Å². The highest BCUT2D eigenvalue weighted by Crippen LogP contribution is 2.41. The number of anilines is 2. The van der Waals surface area contributed by atoms with E-state index >= 15 is 0 Å². The fourth-order valence-corrected chi connectivity index (χ4v) is 5.35. The standard InChI is InChI=1S/C30H29N5O/c1-20-18-35(19-21(2)36-20)28-13-10-23(16-32-28)27-17-33-29-25(22-8-11-24(31-3)12-9-22)6-4-7-26(29)30(27)34-14-5-15-34/h4,6-13,16-17,20-21H,5,14-15,18-19H2,1-2H3/t20-,21+. The summed E-state index contributed by atoms with van der Waals surface area (Å²) in [7, 11) is 0. The summed E-state index contributed by atoms with van der Waals surface area (Å²) in [5.74, 6) is 0.991. The summed E-state index contributed by atoms with van der Waals surface area (Å²) in [5, 5.41) is 1.15. The summed E-state index contributed by atoms with van der Waals surface area (Å²) in [5.41, 5.74) is 7.21. The number of nitrogens with zero attached hydrogens (tertiary/aromatic N) is 5. The number of benzene rings is 2. The largest absolute Gasteiger partial charge is 0.372 e. The molecule has 2 aliphatic rings. The molecule has 2 aromatic heterocycles. The average molecular weight is 476 g/mol. The Labute approximate surface area is 212 Å². The first-order valence-corrected chi connectivity index (χ1v) is 12.6. The molecule has 2 aromatic carbocycles. The van der Waals surface area contributed by atoms with E-state index in [-0.39, 0.29) is 12.2 Å². The van der Waals surface area contributed by atoms with Crippen LogP contribution in [0.2, 0.25) is 0 Å². The molecule has 0 amide bonds. The summed E-state index contributed by atoms with van der Waals surface area (Å²) >= 11 is 0. The van der Waals surface area contributed by atoms with Crippen molar-refractivity contribution in [3.05, 3.63) is 78.4 Å². The Kier molecular flexibility index (Phi) is 5.79. The highest BCUT2D eigenvalue weighted by Gasteiger charge is 2.25. The molecule has 4 heterocycles. The van der Waals surface area contributed by atoms with E-state index in [0.29, 0.717) is 5.69 Å². The summed E-state index contributed by atoms with van der Waals surface area (Å²) in [6, 6.07) is 18.5. The van der Waals surface area contributed by atoms with Crippen LogP contribution in [0.5, 0.6) is 0 Å². The van der Waals surface area contributed by atoms with Crippen molar-refractivity contribution in [3.8, 4) is 22.3 Å². The van der Waals surface area contributed by atoms with Crippen molar-refractivity contribution in [2.75, 3.05) is 36.0 Å². The zero-order valence-corrected chi connectivity index (χ0v) is 20.7. The quantitative estimate of drug-likeness (QED) is 0.322. The lowest BCUT2D eigenvalue weighted by Crippen LogP contribution is -2.45. The number of pyridine rings is 2. The van der Waals surface area contributed by atoms with Crippen molar-refractivity contribution in [2.24, 2.45) is 0 Å². The Morgan fingerprint density at radius 1 is 0.833 bits per heavy atom. The molecule has 6 heteroatoms. The Morgan fingerprint density at radius 2 is 1.58 bits per heavy atom. The van der Waals surface area contributed by atoms with Crippen LogP contribution in [-0.2, 0) is 4.74 Å². The van der Waals surface area contributed by atoms with Gasteiger partial charge in [-0.25, -0.2) is 9.83 Å². The van der Waals surface area contributed by atoms with Gasteiger partial charge >= 0.3 is 0 Å². The lowest BCUT2D eigenvalue weighted by Gasteiger charge is -2.36. The maximum Gasteiger partial charge on any atom is 0.187 e. The zero-order chi connectivity index (χ0) is 24.6. The third kappa shape index (κ3) is 4.06. The predicted molar refractivity (Wildman–Crippen MR) is 146 cm³/mol. The van der Waals surface area contributed by atoms with Gasteiger partial charge in [0.15, 0.2) is 5.69 Å². The van der Waals surface area contributed by atoms with Crippen LogP contribution in [-0.4, -0.2) is 48.4 Å². The molecule has 2 aliphatic heterocycles. The summed E-state index contributed by atoms with van der Waals surface area (Å²) in [4.78, 5) is 18.1. The first-order chi connectivity index (χ1) is 17.6. The van der Waals surface area contributed by atoms with Gasteiger partial charge in [-0.15, -0.1) is 0 Å². The van der Waals surface area contributed by atoms with Gasteiger partial charge in [0.1, 0.15) is 5.82 Å². The predicted octanol–water partition coefficient (Wildman–Crippen LogP) is 6.34. The maximum atomic E-state index is 7.24. The first-order valence-electron chi connectivity index (χ1n) is 12.6. The second kappa shape index (κ2) is 9.25. The fraction of sp³-hybridized carbons (Fsp3) is 0.300. The van der Waals surface area contributed by atoms with Gasteiger partial charge in [-0.3, -0.25) is 4.98 Å². The van der Waals surface area contributed by atoms with Gasteiger partial charge < -0.3 is 14.5 Å². The number of aromatic nitrogens is 2.